The molecule has 0 spiro atoms. The molecule has 2 saturated heterocycles. The fourth-order valence-electron chi connectivity index (χ4n) is 6.32. The summed E-state index contributed by atoms with van der Waals surface area (Å²) in [5.74, 6) is -0.221. The van der Waals surface area contributed by atoms with Crippen LogP contribution in [0.4, 0.5) is 9.59 Å². The molecule has 300 valence electrons. The summed E-state index contributed by atoms with van der Waals surface area (Å²) in [6, 6.07) is 5.29. The van der Waals surface area contributed by atoms with Gasteiger partial charge in [0.1, 0.15) is 17.8 Å². The third-order valence-corrected chi connectivity index (χ3v) is 9.16. The second-order valence-electron chi connectivity index (χ2n) is 13.9. The number of methoxy groups -OCH3 is 1. The molecule has 0 radical (unpaired) electrons. The Bertz CT molecular complexity index is 1460. The molecule has 3 rings (SSSR count). The van der Waals surface area contributed by atoms with Crippen LogP contribution in [0.1, 0.15) is 77.5 Å². The highest BCUT2D eigenvalue weighted by atomic mass is 35.5. The van der Waals surface area contributed by atoms with Crippen LogP contribution < -0.4 is 16.4 Å². The molecule has 2 fully saturated rings. The maximum atomic E-state index is 13.2. The molecule has 1 aromatic carbocycles. The highest BCUT2D eigenvalue weighted by Crippen LogP contribution is 2.35. The van der Waals surface area contributed by atoms with E-state index in [4.69, 9.17) is 25.8 Å². The van der Waals surface area contributed by atoms with E-state index < -0.39 is 17.7 Å². The number of nitrogens with zero attached hydrogens (tertiary/aromatic N) is 4. The summed E-state index contributed by atoms with van der Waals surface area (Å²) in [5.41, 5.74) is 6.86. The Kier molecular flexibility index (Phi) is 19.9. The zero-order chi connectivity index (χ0) is 40.3. The number of nitrogens with two attached hydrogens (primary N) is 1. The van der Waals surface area contributed by atoms with Crippen LogP contribution in [-0.4, -0.2) is 116 Å². The molecule has 0 aliphatic carbocycles. The third-order valence-electron chi connectivity index (χ3n) is 8.93. The summed E-state index contributed by atoms with van der Waals surface area (Å²) in [5, 5.41) is 6.73. The first-order valence-corrected chi connectivity index (χ1v) is 18.9. The second-order valence-corrected chi connectivity index (χ2v) is 14.3. The molecular formula is C40H62ClN7O6. The van der Waals surface area contributed by atoms with Gasteiger partial charge in [0.15, 0.2) is 0 Å². The van der Waals surface area contributed by atoms with Gasteiger partial charge in [-0.2, -0.15) is 0 Å². The van der Waals surface area contributed by atoms with Gasteiger partial charge in [-0.3, -0.25) is 14.7 Å². The van der Waals surface area contributed by atoms with Gasteiger partial charge in [-0.05, 0) is 81.6 Å². The van der Waals surface area contributed by atoms with Gasteiger partial charge in [0.25, 0.3) is 0 Å². The number of allylic oxidation sites excluding steroid dienone is 1. The fourth-order valence-corrected chi connectivity index (χ4v) is 6.49. The van der Waals surface area contributed by atoms with Gasteiger partial charge in [0, 0.05) is 83.5 Å². The van der Waals surface area contributed by atoms with Crippen LogP contribution in [0.25, 0.3) is 5.57 Å². The van der Waals surface area contributed by atoms with Crippen molar-refractivity contribution in [2.45, 2.75) is 90.2 Å². The van der Waals surface area contributed by atoms with Gasteiger partial charge in [0.2, 0.25) is 5.91 Å². The molecule has 13 nitrogen and oxygen atoms in total. The number of piperidine rings is 1. The van der Waals surface area contributed by atoms with Gasteiger partial charge < -0.3 is 40.4 Å². The number of halogens is 1. The summed E-state index contributed by atoms with van der Waals surface area (Å²) in [4.78, 5) is 48.6. The third kappa shape index (κ3) is 14.5. The Morgan fingerprint density at radius 3 is 2.24 bits per heavy atom. The number of aliphatic imine (C=N–C) groups is 1. The van der Waals surface area contributed by atoms with Gasteiger partial charge in [-0.1, -0.05) is 43.3 Å². The van der Waals surface area contributed by atoms with Crippen LogP contribution in [0.2, 0.25) is 5.02 Å². The van der Waals surface area contributed by atoms with Crippen molar-refractivity contribution in [1.29, 1.82) is 0 Å². The number of piperazine rings is 1. The highest BCUT2D eigenvalue weighted by molar-refractivity contribution is 6.30. The van der Waals surface area contributed by atoms with Gasteiger partial charge in [-0.25, -0.2) is 9.59 Å². The standard InChI is InChI=1S/C38H57ClN6O6.C2H5N/c1-9-12-33(43-21-23-45(24-22-43)36(47)50-28-16-19-44(20-17-28)37(48)51-38(4,5)6)30-14-13-27(39)25-31(30)29(10-2)32(15-18-41-26-40-7)42-35(46)34(11-3)49-8;1-2-3/h9-10,13-15,18,25-26,28,32-34H,1,11-12,16-17,19-24H2,2-8H3,(H,40,41)(H,42,46);2H,1,3H2/b18-15+,29-10+;. The zero-order valence-corrected chi connectivity index (χ0v) is 33.9. The van der Waals surface area contributed by atoms with Crippen LogP contribution in [0.3, 0.4) is 0 Å². The molecule has 14 heteroatoms. The number of hydrogen-bond acceptors (Lipinski definition) is 9. The first kappa shape index (κ1) is 45.8. The van der Waals surface area contributed by atoms with Gasteiger partial charge in [0.05, 0.1) is 12.4 Å². The lowest BCUT2D eigenvalue weighted by Gasteiger charge is -2.40. The molecule has 0 bridgehead atoms. The van der Waals surface area contributed by atoms with Crippen molar-refractivity contribution in [3.05, 3.63) is 78.1 Å². The summed E-state index contributed by atoms with van der Waals surface area (Å²) in [7, 11) is 3.20. The first-order valence-electron chi connectivity index (χ1n) is 18.5. The summed E-state index contributed by atoms with van der Waals surface area (Å²) < 4.78 is 16.8. The number of likely N-dealkylation sites (tertiary alicyclic amines) is 1. The van der Waals surface area contributed by atoms with Crippen LogP contribution in [0.15, 0.2) is 67.0 Å². The number of ether oxygens (including phenoxy) is 3. The lowest BCUT2D eigenvalue weighted by atomic mass is 9.88. The van der Waals surface area contributed by atoms with Crippen molar-refractivity contribution in [2.24, 2.45) is 10.7 Å². The average molecular weight is 772 g/mol. The van der Waals surface area contributed by atoms with Crippen LogP contribution in [0, 0.1) is 0 Å². The number of carbonyl (C=O) groups excluding carboxylic acids is 3. The molecule has 0 saturated carbocycles. The average Bonchev–Trinajstić information content (AvgIpc) is 3.13. The van der Waals surface area contributed by atoms with E-state index in [0.717, 1.165) is 16.7 Å². The van der Waals surface area contributed by atoms with Crippen molar-refractivity contribution in [1.82, 2.24) is 25.3 Å². The fraction of sp³-hybridized carbons (Fsp3) is 0.550. The molecule has 3 amide bonds. The van der Waals surface area contributed by atoms with E-state index >= 15 is 0 Å². The predicted molar refractivity (Wildman–Crippen MR) is 217 cm³/mol. The number of hydrogen-bond donors (Lipinski definition) is 3. The van der Waals surface area contributed by atoms with Crippen molar-refractivity contribution >= 4 is 41.6 Å². The molecule has 3 unspecified atom stereocenters. The minimum Gasteiger partial charge on any atom is -0.446 e. The van der Waals surface area contributed by atoms with Crippen LogP contribution in [-0.2, 0) is 19.0 Å². The van der Waals surface area contributed by atoms with E-state index in [1.54, 1.807) is 29.4 Å². The number of amides is 3. The van der Waals surface area contributed by atoms with Gasteiger partial charge in [-0.15, -0.1) is 6.58 Å². The lowest BCUT2D eigenvalue weighted by Crippen LogP contribution is -2.51. The number of nitrogens with one attached hydrogen (secondary N) is 2. The van der Waals surface area contributed by atoms with Crippen molar-refractivity contribution in [3.63, 3.8) is 0 Å². The Labute approximate surface area is 327 Å². The second kappa shape index (κ2) is 23.5. The lowest BCUT2D eigenvalue weighted by molar-refractivity contribution is -0.131. The van der Waals surface area contributed by atoms with Crippen molar-refractivity contribution in [2.75, 3.05) is 53.4 Å². The van der Waals surface area contributed by atoms with Crippen LogP contribution in [0.5, 0.6) is 0 Å². The molecule has 3 atom stereocenters. The monoisotopic (exact) mass is 771 g/mol. The van der Waals surface area contributed by atoms with E-state index in [1.165, 1.54) is 13.3 Å². The highest BCUT2D eigenvalue weighted by Gasteiger charge is 2.33. The minimum atomic E-state index is -0.593. The minimum absolute atomic E-state index is 0.0619. The van der Waals surface area contributed by atoms with E-state index in [9.17, 15) is 14.4 Å². The Morgan fingerprint density at radius 1 is 1.07 bits per heavy atom. The molecule has 0 aromatic heterocycles. The Hall–Kier alpha value is -4.33. The van der Waals surface area contributed by atoms with Crippen LogP contribution >= 0.6 is 11.6 Å². The largest absolute Gasteiger partial charge is 0.446 e. The number of benzene rings is 1. The molecular weight excluding hydrogens is 710 g/mol. The summed E-state index contributed by atoms with van der Waals surface area (Å²) in [6.07, 6.45) is 11.1. The van der Waals surface area contributed by atoms with E-state index in [1.807, 2.05) is 71.0 Å². The maximum absolute atomic E-state index is 13.2. The van der Waals surface area contributed by atoms with Crippen molar-refractivity contribution < 1.29 is 28.6 Å². The topological polar surface area (TPSA) is 151 Å². The first-order chi connectivity index (χ1) is 25.8. The number of rotatable bonds is 14. The van der Waals surface area contributed by atoms with Crippen molar-refractivity contribution in [3.8, 4) is 0 Å². The molecule has 54 heavy (non-hydrogen) atoms. The Morgan fingerprint density at radius 2 is 1.70 bits per heavy atom. The molecule has 2 aliphatic rings. The van der Waals surface area contributed by atoms with E-state index in [2.05, 4.69) is 39.4 Å². The molecule has 2 aliphatic heterocycles. The molecule has 2 heterocycles. The number of carbonyl (C=O) groups is 3. The summed E-state index contributed by atoms with van der Waals surface area (Å²) >= 11 is 6.62. The van der Waals surface area contributed by atoms with E-state index in [0.29, 0.717) is 70.0 Å². The normalized spacial score (nSPS) is 17.6. The molecule has 1 aromatic rings. The summed E-state index contributed by atoms with van der Waals surface area (Å²) in [6.45, 7) is 19.8. The SMILES string of the molecule is C=CCC(c1ccc(Cl)cc1/C(=C\C)C(/C=C/NC=NC)NC(=O)C(CC)OC)N1CCN(C(=O)OC2CCN(C(=O)OC(C)(C)C)CC2)CC1.C=CN. The Balaban J connectivity index is 0.00000325. The predicted octanol–water partition coefficient (Wildman–Crippen LogP) is 6.27. The molecule has 4 N–H and O–H groups in total. The van der Waals surface area contributed by atoms with E-state index in [-0.39, 0.29) is 30.2 Å². The van der Waals surface area contributed by atoms with Gasteiger partial charge >= 0.3 is 12.2 Å². The smallest absolute Gasteiger partial charge is 0.410 e. The maximum Gasteiger partial charge on any atom is 0.410 e. The quantitative estimate of drug-likeness (QED) is 0.113. The zero-order valence-electron chi connectivity index (χ0n) is 33.2.